The zero-order valence-corrected chi connectivity index (χ0v) is 18.4. The van der Waals surface area contributed by atoms with E-state index in [0.29, 0.717) is 28.1 Å². The summed E-state index contributed by atoms with van der Waals surface area (Å²) in [7, 11) is 4.51. The van der Waals surface area contributed by atoms with Gasteiger partial charge in [-0.05, 0) is 30.7 Å². The highest BCUT2D eigenvalue weighted by Crippen LogP contribution is 2.35. The van der Waals surface area contributed by atoms with Gasteiger partial charge in [0, 0.05) is 19.2 Å². The van der Waals surface area contributed by atoms with Crippen molar-refractivity contribution in [2.45, 2.75) is 32.4 Å². The van der Waals surface area contributed by atoms with Crippen molar-refractivity contribution < 1.29 is 27.4 Å². The normalized spacial score (nSPS) is 11.6. The quantitative estimate of drug-likeness (QED) is 0.466. The highest BCUT2D eigenvalue weighted by molar-refractivity contribution is 5.99. The van der Waals surface area contributed by atoms with Gasteiger partial charge >= 0.3 is 6.18 Å². The van der Waals surface area contributed by atoms with E-state index in [2.05, 4.69) is 10.1 Å². The van der Waals surface area contributed by atoms with Crippen LogP contribution in [0.3, 0.4) is 0 Å². The molecular formula is C22H25F3N4O3. The Kier molecular flexibility index (Phi) is 6.90. The maximum atomic E-state index is 13.8. The first-order chi connectivity index (χ1) is 15.2. The molecule has 0 radical (unpaired) electrons. The molecule has 0 N–H and O–H groups in total. The molecule has 0 bridgehead atoms. The molecule has 0 aliphatic heterocycles. The minimum Gasteiger partial charge on any atom is -0.493 e. The zero-order valence-electron chi connectivity index (χ0n) is 18.4. The lowest BCUT2D eigenvalue weighted by Gasteiger charge is -2.17. The number of hydrogen-bond acceptors (Lipinski definition) is 5. The number of benzene rings is 1. The van der Waals surface area contributed by atoms with Crippen LogP contribution < -0.4 is 9.47 Å². The first-order valence-electron chi connectivity index (χ1n) is 10.1. The first-order valence-corrected chi connectivity index (χ1v) is 10.1. The van der Waals surface area contributed by atoms with E-state index >= 15 is 0 Å². The third-order valence-electron chi connectivity index (χ3n) is 5.12. The molecule has 10 heteroatoms. The van der Waals surface area contributed by atoms with Crippen molar-refractivity contribution in [2.75, 3.05) is 27.8 Å². The van der Waals surface area contributed by atoms with Gasteiger partial charge in [-0.1, -0.05) is 19.8 Å². The van der Waals surface area contributed by atoms with Gasteiger partial charge in [0.2, 0.25) is 0 Å². The van der Waals surface area contributed by atoms with E-state index in [1.54, 1.807) is 19.2 Å². The number of hydrogen-bond donors (Lipinski definition) is 0. The molecule has 1 amide bonds. The molecule has 0 saturated carbocycles. The molecule has 0 fully saturated rings. The summed E-state index contributed by atoms with van der Waals surface area (Å²) in [6, 6.07) is 5.60. The molecule has 172 valence electrons. The highest BCUT2D eigenvalue weighted by Gasteiger charge is 2.36. The number of rotatable bonds is 8. The van der Waals surface area contributed by atoms with Crippen LogP contribution in [-0.2, 0) is 6.18 Å². The predicted molar refractivity (Wildman–Crippen MR) is 113 cm³/mol. The summed E-state index contributed by atoms with van der Waals surface area (Å²) in [4.78, 5) is 18.8. The summed E-state index contributed by atoms with van der Waals surface area (Å²) >= 11 is 0. The third-order valence-corrected chi connectivity index (χ3v) is 5.12. The van der Waals surface area contributed by atoms with Crippen molar-refractivity contribution in [2.24, 2.45) is 0 Å². The van der Waals surface area contributed by atoms with Crippen molar-refractivity contribution >= 4 is 11.6 Å². The second-order valence-electron chi connectivity index (χ2n) is 7.32. The average Bonchev–Trinajstić information content (AvgIpc) is 3.20. The molecule has 0 aliphatic rings. The van der Waals surface area contributed by atoms with Crippen LogP contribution in [0.5, 0.6) is 11.5 Å². The number of nitrogens with zero attached hydrogens (tertiary/aromatic N) is 4. The lowest BCUT2D eigenvalue weighted by molar-refractivity contribution is -0.142. The molecule has 1 aromatic carbocycles. The van der Waals surface area contributed by atoms with E-state index in [0.717, 1.165) is 31.5 Å². The van der Waals surface area contributed by atoms with Gasteiger partial charge in [0.25, 0.3) is 5.91 Å². The number of carbonyl (C=O) groups excluding carboxylic acids is 1. The molecule has 32 heavy (non-hydrogen) atoms. The minimum atomic E-state index is -4.70. The Bertz CT molecular complexity index is 1110. The summed E-state index contributed by atoms with van der Waals surface area (Å²) in [6.45, 7) is 2.54. The van der Waals surface area contributed by atoms with Crippen molar-refractivity contribution in [3.05, 3.63) is 41.7 Å². The Hall–Kier alpha value is -3.30. The predicted octanol–water partition coefficient (Wildman–Crippen LogP) is 4.69. The number of methoxy groups -OCH3 is 2. The van der Waals surface area contributed by atoms with Gasteiger partial charge in [-0.25, -0.2) is 9.50 Å². The van der Waals surface area contributed by atoms with Crippen LogP contribution in [0.4, 0.5) is 13.2 Å². The Morgan fingerprint density at radius 2 is 1.84 bits per heavy atom. The van der Waals surface area contributed by atoms with E-state index < -0.39 is 17.8 Å². The number of carbonyl (C=O) groups is 1. The Labute approximate surface area is 183 Å². The number of ether oxygens (including phenoxy) is 2. The highest BCUT2D eigenvalue weighted by atomic mass is 19.4. The van der Waals surface area contributed by atoms with E-state index in [9.17, 15) is 18.0 Å². The van der Waals surface area contributed by atoms with Crippen molar-refractivity contribution in [1.82, 2.24) is 19.5 Å². The Balaban J connectivity index is 2.13. The number of aromatic nitrogens is 3. The van der Waals surface area contributed by atoms with Crippen LogP contribution in [0.1, 0.15) is 42.2 Å². The SMILES string of the molecule is CCCCCN(C)C(=O)c1cnn2c(C(F)(F)F)cc(-c3ccc(OC)c(OC)c3)nc12. The van der Waals surface area contributed by atoms with Crippen LogP contribution in [0.2, 0.25) is 0 Å². The molecule has 3 rings (SSSR count). The standard InChI is InChI=1S/C22H25F3N4O3/c1-5-6-7-10-28(2)21(30)15-13-26-29-19(22(23,24)25)12-16(27-20(15)29)14-8-9-17(31-3)18(11-14)32-4/h8-9,11-13H,5-7,10H2,1-4H3. The molecule has 7 nitrogen and oxygen atoms in total. The summed E-state index contributed by atoms with van der Waals surface area (Å²) in [5, 5.41) is 3.82. The molecule has 0 aliphatic carbocycles. The van der Waals surface area contributed by atoms with Crippen molar-refractivity contribution in [3.63, 3.8) is 0 Å². The second-order valence-corrected chi connectivity index (χ2v) is 7.32. The maximum Gasteiger partial charge on any atom is 0.433 e. The monoisotopic (exact) mass is 450 g/mol. The van der Waals surface area contributed by atoms with Gasteiger partial charge in [0.05, 0.1) is 26.1 Å². The summed E-state index contributed by atoms with van der Waals surface area (Å²) in [5.41, 5.74) is -0.755. The summed E-state index contributed by atoms with van der Waals surface area (Å²) in [5.74, 6) is 0.351. The van der Waals surface area contributed by atoms with E-state index in [4.69, 9.17) is 9.47 Å². The minimum absolute atomic E-state index is 0.0109. The number of fused-ring (bicyclic) bond motifs is 1. The van der Waals surface area contributed by atoms with E-state index in [1.807, 2.05) is 6.92 Å². The van der Waals surface area contributed by atoms with Crippen LogP contribution in [0.25, 0.3) is 16.9 Å². The Morgan fingerprint density at radius 3 is 2.47 bits per heavy atom. The Morgan fingerprint density at radius 1 is 1.12 bits per heavy atom. The van der Waals surface area contributed by atoms with Crippen LogP contribution in [0.15, 0.2) is 30.5 Å². The molecule has 0 spiro atoms. The van der Waals surface area contributed by atoms with E-state index in [1.165, 1.54) is 25.2 Å². The smallest absolute Gasteiger partial charge is 0.433 e. The average molecular weight is 450 g/mol. The van der Waals surface area contributed by atoms with E-state index in [-0.39, 0.29) is 16.9 Å². The van der Waals surface area contributed by atoms with Crippen molar-refractivity contribution in [1.29, 1.82) is 0 Å². The molecule has 0 unspecified atom stereocenters. The number of alkyl halides is 3. The van der Waals surface area contributed by atoms with Gasteiger partial charge < -0.3 is 14.4 Å². The third kappa shape index (κ3) is 4.63. The maximum absolute atomic E-state index is 13.8. The van der Waals surface area contributed by atoms with Crippen LogP contribution in [-0.4, -0.2) is 53.2 Å². The number of unbranched alkanes of at least 4 members (excludes halogenated alkanes) is 2. The van der Waals surface area contributed by atoms with Crippen LogP contribution in [0, 0.1) is 0 Å². The zero-order chi connectivity index (χ0) is 23.5. The van der Waals surface area contributed by atoms with Gasteiger partial charge in [0.1, 0.15) is 5.56 Å². The fourth-order valence-electron chi connectivity index (χ4n) is 3.37. The summed E-state index contributed by atoms with van der Waals surface area (Å²) < 4.78 is 52.6. The lowest BCUT2D eigenvalue weighted by Crippen LogP contribution is -2.27. The fourth-order valence-corrected chi connectivity index (χ4v) is 3.37. The molecule has 0 saturated heterocycles. The van der Waals surface area contributed by atoms with Gasteiger partial charge in [-0.2, -0.15) is 18.3 Å². The topological polar surface area (TPSA) is 69.0 Å². The molecular weight excluding hydrogens is 425 g/mol. The van der Waals surface area contributed by atoms with Gasteiger partial charge in [0.15, 0.2) is 22.8 Å². The molecule has 3 aromatic rings. The molecule has 0 atom stereocenters. The second kappa shape index (κ2) is 9.46. The van der Waals surface area contributed by atoms with Gasteiger partial charge in [-0.3, -0.25) is 4.79 Å². The fraction of sp³-hybridized carbons (Fsp3) is 0.409. The number of halogens is 3. The molecule has 2 heterocycles. The van der Waals surface area contributed by atoms with Crippen LogP contribution >= 0.6 is 0 Å². The lowest BCUT2D eigenvalue weighted by atomic mass is 10.1. The first kappa shape index (κ1) is 23.4. The number of amides is 1. The summed E-state index contributed by atoms with van der Waals surface area (Å²) in [6.07, 6.45) is -0.827. The van der Waals surface area contributed by atoms with Gasteiger partial charge in [-0.15, -0.1) is 0 Å². The largest absolute Gasteiger partial charge is 0.493 e. The molecule has 2 aromatic heterocycles. The van der Waals surface area contributed by atoms with Crippen molar-refractivity contribution in [3.8, 4) is 22.8 Å².